The van der Waals surface area contributed by atoms with E-state index in [1.54, 1.807) is 9.95 Å². The second-order valence-corrected chi connectivity index (χ2v) is 6.93. The molecule has 0 fully saturated rings. The van der Waals surface area contributed by atoms with Gasteiger partial charge in [0, 0.05) is 24.0 Å². The Morgan fingerprint density at radius 1 is 1.36 bits per heavy atom. The summed E-state index contributed by atoms with van der Waals surface area (Å²) in [5, 5.41) is 5.21. The van der Waals surface area contributed by atoms with Gasteiger partial charge in [0.15, 0.2) is 5.13 Å². The Kier molecular flexibility index (Phi) is 4.08. The van der Waals surface area contributed by atoms with Gasteiger partial charge in [0.05, 0.1) is 10.2 Å². The highest BCUT2D eigenvalue weighted by Gasteiger charge is 2.10. The lowest BCUT2D eigenvalue weighted by Gasteiger charge is -2.04. The second-order valence-electron chi connectivity index (χ2n) is 5.08. The van der Waals surface area contributed by atoms with Crippen molar-refractivity contribution in [3.8, 4) is 0 Å². The first-order chi connectivity index (χ1) is 10.5. The molecule has 0 aliphatic carbocycles. The summed E-state index contributed by atoms with van der Waals surface area (Å²) in [7, 11) is 0. The molecule has 0 aliphatic rings. The van der Waals surface area contributed by atoms with Crippen LogP contribution in [-0.4, -0.2) is 15.5 Å². The van der Waals surface area contributed by atoms with Gasteiger partial charge in [-0.3, -0.25) is 9.59 Å². The summed E-state index contributed by atoms with van der Waals surface area (Å²) in [5.74, 6) is -0.131. The monoisotopic (exact) mass is 333 g/mol. The van der Waals surface area contributed by atoms with Crippen molar-refractivity contribution in [1.29, 1.82) is 0 Å². The fourth-order valence-electron chi connectivity index (χ4n) is 2.15. The van der Waals surface area contributed by atoms with E-state index >= 15 is 0 Å². The van der Waals surface area contributed by atoms with Gasteiger partial charge in [0.25, 0.3) is 0 Å². The molecule has 0 atom stereocenters. The molecule has 0 saturated heterocycles. The Labute approximate surface area is 135 Å². The molecule has 2 aromatic heterocycles. The number of nitrogens with one attached hydrogen (secondary N) is 1. The molecule has 0 spiro atoms. The number of thiazole rings is 2. The second kappa shape index (κ2) is 6.02. The molecule has 3 aromatic rings. The van der Waals surface area contributed by atoms with Crippen molar-refractivity contribution in [2.75, 3.05) is 5.32 Å². The Balaban J connectivity index is 1.67. The van der Waals surface area contributed by atoms with E-state index in [1.807, 2.05) is 26.0 Å². The van der Waals surface area contributed by atoms with Crippen LogP contribution >= 0.6 is 22.7 Å². The van der Waals surface area contributed by atoms with E-state index in [0.29, 0.717) is 11.7 Å². The maximum atomic E-state index is 12.0. The summed E-state index contributed by atoms with van der Waals surface area (Å²) in [5.41, 5.74) is 2.94. The maximum absolute atomic E-state index is 12.0. The third kappa shape index (κ3) is 3.10. The van der Waals surface area contributed by atoms with Crippen LogP contribution < -0.4 is 10.2 Å². The number of carbonyl (C=O) groups excluding carboxylic acids is 1. The summed E-state index contributed by atoms with van der Waals surface area (Å²) in [6.07, 6.45) is 0.256. The fourth-order valence-corrected chi connectivity index (χ4v) is 3.90. The summed E-state index contributed by atoms with van der Waals surface area (Å²) >= 11 is 2.62. The average molecular weight is 333 g/mol. The predicted octanol–water partition coefficient (Wildman–Crippen LogP) is 3.17. The highest BCUT2D eigenvalue weighted by Crippen LogP contribution is 2.26. The number of carbonyl (C=O) groups is 1. The van der Waals surface area contributed by atoms with Crippen molar-refractivity contribution in [1.82, 2.24) is 9.55 Å². The van der Waals surface area contributed by atoms with Crippen molar-refractivity contribution in [3.05, 3.63) is 44.5 Å². The van der Waals surface area contributed by atoms with E-state index in [-0.39, 0.29) is 17.2 Å². The average Bonchev–Trinajstić information content (AvgIpc) is 3.00. The minimum absolute atomic E-state index is 0.0271. The summed E-state index contributed by atoms with van der Waals surface area (Å²) in [4.78, 5) is 28.0. The first-order valence-corrected chi connectivity index (χ1v) is 8.54. The van der Waals surface area contributed by atoms with Crippen molar-refractivity contribution in [3.63, 3.8) is 0 Å². The molecule has 0 aliphatic heterocycles. The molecular weight excluding hydrogens is 318 g/mol. The first kappa shape index (κ1) is 14.9. The maximum Gasteiger partial charge on any atom is 0.307 e. The van der Waals surface area contributed by atoms with Gasteiger partial charge in [-0.1, -0.05) is 28.7 Å². The number of fused-ring (bicyclic) bond motifs is 1. The predicted molar refractivity (Wildman–Crippen MR) is 90.9 cm³/mol. The molecule has 22 heavy (non-hydrogen) atoms. The smallest absolute Gasteiger partial charge is 0.303 e. The SMILES string of the molecule is Cc1ccc2nc(NC(=O)CCn3c(C)csc3=O)sc2c1. The number of benzene rings is 1. The molecule has 1 N–H and O–H groups in total. The lowest BCUT2D eigenvalue weighted by Crippen LogP contribution is -2.20. The Bertz CT molecular complexity index is 892. The number of nitrogens with zero attached hydrogens (tertiary/aromatic N) is 2. The van der Waals surface area contributed by atoms with Gasteiger partial charge in [-0.05, 0) is 31.5 Å². The van der Waals surface area contributed by atoms with Gasteiger partial charge >= 0.3 is 4.87 Å². The standard InChI is InChI=1S/C15H15N3O2S2/c1-9-3-4-11-12(7-9)22-14(16-11)17-13(19)5-6-18-10(2)8-21-15(18)20/h3-4,7-8H,5-6H2,1-2H3,(H,16,17,19). The van der Waals surface area contributed by atoms with Crippen LogP contribution in [-0.2, 0) is 11.3 Å². The molecule has 0 saturated carbocycles. The zero-order valence-electron chi connectivity index (χ0n) is 12.3. The van der Waals surface area contributed by atoms with E-state index in [0.717, 1.165) is 27.2 Å². The van der Waals surface area contributed by atoms with E-state index in [9.17, 15) is 9.59 Å². The van der Waals surface area contributed by atoms with Crippen LogP contribution in [0.15, 0.2) is 28.4 Å². The Morgan fingerprint density at radius 2 is 2.18 bits per heavy atom. The van der Waals surface area contributed by atoms with E-state index in [4.69, 9.17) is 0 Å². The summed E-state index contributed by atoms with van der Waals surface area (Å²) < 4.78 is 2.67. The van der Waals surface area contributed by atoms with Gasteiger partial charge in [0.1, 0.15) is 0 Å². The zero-order chi connectivity index (χ0) is 15.7. The number of anilines is 1. The largest absolute Gasteiger partial charge is 0.307 e. The number of rotatable bonds is 4. The minimum Gasteiger partial charge on any atom is -0.303 e. The van der Waals surface area contributed by atoms with Gasteiger partial charge < -0.3 is 9.88 Å². The molecule has 1 aromatic carbocycles. The van der Waals surface area contributed by atoms with Crippen LogP contribution in [0.1, 0.15) is 17.7 Å². The zero-order valence-corrected chi connectivity index (χ0v) is 13.9. The molecule has 114 valence electrons. The Morgan fingerprint density at radius 3 is 2.91 bits per heavy atom. The number of aryl methyl sites for hydroxylation is 2. The van der Waals surface area contributed by atoms with Crippen molar-refractivity contribution < 1.29 is 4.79 Å². The minimum atomic E-state index is -0.131. The normalized spacial score (nSPS) is 11.0. The van der Waals surface area contributed by atoms with Crippen LogP contribution in [0.5, 0.6) is 0 Å². The van der Waals surface area contributed by atoms with E-state index < -0.39 is 0 Å². The molecule has 1 amide bonds. The van der Waals surface area contributed by atoms with E-state index in [1.165, 1.54) is 16.9 Å². The highest BCUT2D eigenvalue weighted by molar-refractivity contribution is 7.22. The lowest BCUT2D eigenvalue weighted by molar-refractivity contribution is -0.116. The van der Waals surface area contributed by atoms with E-state index in [2.05, 4.69) is 16.4 Å². The molecule has 5 nitrogen and oxygen atoms in total. The van der Waals surface area contributed by atoms with Crippen LogP contribution in [0.3, 0.4) is 0 Å². The van der Waals surface area contributed by atoms with Crippen molar-refractivity contribution in [2.24, 2.45) is 0 Å². The third-order valence-electron chi connectivity index (χ3n) is 3.33. The Hall–Kier alpha value is -1.99. The van der Waals surface area contributed by atoms with Crippen molar-refractivity contribution in [2.45, 2.75) is 26.8 Å². The summed E-state index contributed by atoms with van der Waals surface area (Å²) in [6, 6.07) is 6.00. The van der Waals surface area contributed by atoms with Gasteiger partial charge in [-0.2, -0.15) is 0 Å². The van der Waals surface area contributed by atoms with Crippen LogP contribution in [0.2, 0.25) is 0 Å². The van der Waals surface area contributed by atoms with Gasteiger partial charge in [-0.15, -0.1) is 0 Å². The van der Waals surface area contributed by atoms with Gasteiger partial charge in [-0.25, -0.2) is 4.98 Å². The number of amides is 1. The van der Waals surface area contributed by atoms with Crippen LogP contribution in [0.4, 0.5) is 5.13 Å². The fraction of sp³-hybridized carbons (Fsp3) is 0.267. The number of aromatic nitrogens is 2. The molecular formula is C15H15N3O2S2. The highest BCUT2D eigenvalue weighted by atomic mass is 32.1. The van der Waals surface area contributed by atoms with Gasteiger partial charge in [0.2, 0.25) is 5.91 Å². The molecule has 7 heteroatoms. The lowest BCUT2D eigenvalue weighted by atomic mass is 10.2. The molecule has 3 rings (SSSR count). The summed E-state index contributed by atoms with van der Waals surface area (Å²) in [6.45, 7) is 4.29. The molecule has 2 heterocycles. The molecule has 0 bridgehead atoms. The molecule has 0 unspecified atom stereocenters. The van der Waals surface area contributed by atoms with Crippen molar-refractivity contribution >= 4 is 43.9 Å². The number of hydrogen-bond acceptors (Lipinski definition) is 5. The first-order valence-electron chi connectivity index (χ1n) is 6.85. The molecule has 0 radical (unpaired) electrons. The van der Waals surface area contributed by atoms with Crippen LogP contribution in [0.25, 0.3) is 10.2 Å². The number of hydrogen-bond donors (Lipinski definition) is 1. The topological polar surface area (TPSA) is 64.0 Å². The third-order valence-corrected chi connectivity index (χ3v) is 5.14. The van der Waals surface area contributed by atoms with Crippen LogP contribution in [0, 0.1) is 13.8 Å². The quantitative estimate of drug-likeness (QED) is 0.797.